The molecule has 2 aromatic heterocycles. The third kappa shape index (κ3) is 3.92. The zero-order valence-electron chi connectivity index (χ0n) is 15.6. The van der Waals surface area contributed by atoms with E-state index in [9.17, 15) is 9.59 Å². The van der Waals surface area contributed by atoms with Crippen molar-refractivity contribution in [3.8, 4) is 11.3 Å². The molecule has 0 aliphatic rings. The van der Waals surface area contributed by atoms with Crippen LogP contribution in [0, 0.1) is 0 Å². The summed E-state index contributed by atoms with van der Waals surface area (Å²) in [5, 5.41) is 11.1. The number of carbonyl (C=O) groups is 1. The third-order valence-corrected chi connectivity index (χ3v) is 5.39. The monoisotopic (exact) mass is 424 g/mol. The Morgan fingerprint density at radius 2 is 1.86 bits per heavy atom. The second kappa shape index (κ2) is 8.14. The number of nitrogens with zero attached hydrogens (tertiary/aromatic N) is 3. The zero-order chi connectivity index (χ0) is 20.4. The van der Waals surface area contributed by atoms with Gasteiger partial charge in [-0.3, -0.25) is 14.9 Å². The van der Waals surface area contributed by atoms with Crippen molar-refractivity contribution >= 4 is 44.7 Å². The Bertz CT molecular complexity index is 1250. The van der Waals surface area contributed by atoms with Crippen LogP contribution in [-0.4, -0.2) is 20.7 Å². The van der Waals surface area contributed by atoms with E-state index >= 15 is 0 Å². The molecule has 4 rings (SSSR count). The van der Waals surface area contributed by atoms with E-state index in [4.69, 9.17) is 11.6 Å². The molecule has 2 heterocycles. The van der Waals surface area contributed by atoms with Gasteiger partial charge in [-0.05, 0) is 24.6 Å². The van der Waals surface area contributed by atoms with Crippen LogP contribution in [0.5, 0.6) is 0 Å². The van der Waals surface area contributed by atoms with Crippen LogP contribution in [0.25, 0.3) is 22.0 Å². The summed E-state index contributed by atoms with van der Waals surface area (Å²) in [4.78, 5) is 30.0. The van der Waals surface area contributed by atoms with Crippen LogP contribution in [0.2, 0.25) is 5.02 Å². The van der Waals surface area contributed by atoms with Crippen molar-refractivity contribution < 1.29 is 4.79 Å². The van der Waals surface area contributed by atoms with Crippen molar-refractivity contribution in [1.82, 2.24) is 14.8 Å². The van der Waals surface area contributed by atoms with E-state index in [1.54, 1.807) is 36.4 Å². The summed E-state index contributed by atoms with van der Waals surface area (Å²) in [7, 11) is 0. The molecule has 2 aromatic carbocycles. The quantitative estimate of drug-likeness (QED) is 0.497. The number of amides is 1. The molecule has 0 spiro atoms. The maximum atomic E-state index is 12.9. The Morgan fingerprint density at radius 1 is 1.14 bits per heavy atom. The third-order valence-electron chi connectivity index (χ3n) is 4.38. The fourth-order valence-corrected chi connectivity index (χ4v) is 3.85. The number of anilines is 1. The molecule has 0 saturated heterocycles. The lowest BCUT2D eigenvalue weighted by Gasteiger charge is -2.09. The normalized spacial score (nSPS) is 11.0. The highest BCUT2D eigenvalue weighted by Gasteiger charge is 2.18. The first-order valence-electron chi connectivity index (χ1n) is 9.09. The zero-order valence-corrected chi connectivity index (χ0v) is 17.1. The summed E-state index contributed by atoms with van der Waals surface area (Å²) in [5.41, 5.74) is 1.66. The maximum Gasteiger partial charge on any atom is 0.278 e. The molecule has 0 aliphatic heterocycles. The van der Waals surface area contributed by atoms with Crippen molar-refractivity contribution in [2.45, 2.75) is 19.9 Å². The van der Waals surface area contributed by atoms with E-state index in [1.807, 2.05) is 24.4 Å². The number of hydrogen-bond donors (Lipinski definition) is 1. The Balaban J connectivity index is 1.67. The van der Waals surface area contributed by atoms with E-state index < -0.39 is 5.91 Å². The standard InChI is InChI=1S/C21H17ClN4O2S/c1-2-11-26-20(28)16-6-4-3-5-15(16)18(25-26)19(27)24-21-23-17(12-29-21)13-7-9-14(22)10-8-13/h3-10,12H,2,11H2,1H3,(H,23,24,27). The molecule has 0 saturated carbocycles. The lowest BCUT2D eigenvalue weighted by molar-refractivity contribution is 0.102. The minimum absolute atomic E-state index is 0.196. The minimum Gasteiger partial charge on any atom is -0.296 e. The molecule has 0 aliphatic carbocycles. The average molecular weight is 425 g/mol. The van der Waals surface area contributed by atoms with Gasteiger partial charge in [-0.1, -0.05) is 48.9 Å². The van der Waals surface area contributed by atoms with Gasteiger partial charge in [-0.25, -0.2) is 9.67 Å². The highest BCUT2D eigenvalue weighted by molar-refractivity contribution is 7.14. The van der Waals surface area contributed by atoms with E-state index in [1.165, 1.54) is 16.0 Å². The van der Waals surface area contributed by atoms with Crippen LogP contribution in [0.4, 0.5) is 5.13 Å². The van der Waals surface area contributed by atoms with Crippen LogP contribution in [0.1, 0.15) is 23.8 Å². The van der Waals surface area contributed by atoms with Gasteiger partial charge in [0.25, 0.3) is 11.5 Å². The predicted molar refractivity (Wildman–Crippen MR) is 117 cm³/mol. The second-order valence-corrected chi connectivity index (χ2v) is 7.72. The number of aryl methyl sites for hydroxylation is 1. The summed E-state index contributed by atoms with van der Waals surface area (Å²) in [5.74, 6) is -0.400. The first-order valence-corrected chi connectivity index (χ1v) is 10.3. The first-order chi connectivity index (χ1) is 14.1. The highest BCUT2D eigenvalue weighted by atomic mass is 35.5. The van der Waals surface area contributed by atoms with E-state index in [0.29, 0.717) is 27.5 Å². The fourth-order valence-electron chi connectivity index (χ4n) is 3.01. The smallest absolute Gasteiger partial charge is 0.278 e. The number of nitrogens with one attached hydrogen (secondary N) is 1. The molecule has 146 valence electrons. The number of carbonyl (C=O) groups excluding carboxylic acids is 1. The maximum absolute atomic E-state index is 12.9. The molecular weight excluding hydrogens is 408 g/mol. The van der Waals surface area contributed by atoms with Gasteiger partial charge in [0.2, 0.25) is 0 Å². The molecule has 0 bridgehead atoms. The van der Waals surface area contributed by atoms with Gasteiger partial charge in [-0.15, -0.1) is 11.3 Å². The molecule has 1 N–H and O–H groups in total. The number of hydrogen-bond acceptors (Lipinski definition) is 5. The fraction of sp³-hybridized carbons (Fsp3) is 0.143. The first kappa shape index (κ1) is 19.3. The molecule has 0 fully saturated rings. The van der Waals surface area contributed by atoms with E-state index in [0.717, 1.165) is 17.7 Å². The Hall–Kier alpha value is -3.03. The van der Waals surface area contributed by atoms with Crippen molar-refractivity contribution in [2.24, 2.45) is 0 Å². The number of thiazole rings is 1. The molecule has 4 aromatic rings. The van der Waals surface area contributed by atoms with Crippen LogP contribution in [0.3, 0.4) is 0 Å². The van der Waals surface area contributed by atoms with Gasteiger partial charge in [0.05, 0.1) is 11.1 Å². The summed E-state index contributed by atoms with van der Waals surface area (Å²) < 4.78 is 1.35. The summed E-state index contributed by atoms with van der Waals surface area (Å²) in [6, 6.07) is 14.3. The number of rotatable bonds is 5. The lowest BCUT2D eigenvalue weighted by atomic mass is 10.1. The Kier molecular flexibility index (Phi) is 5.42. The van der Waals surface area contributed by atoms with Crippen LogP contribution in [-0.2, 0) is 6.54 Å². The summed E-state index contributed by atoms with van der Waals surface area (Å²) >= 11 is 7.25. The number of halogens is 1. The van der Waals surface area contributed by atoms with Gasteiger partial charge in [0.1, 0.15) is 0 Å². The van der Waals surface area contributed by atoms with Crippen molar-refractivity contribution in [3.63, 3.8) is 0 Å². The van der Waals surface area contributed by atoms with Gasteiger partial charge >= 0.3 is 0 Å². The van der Waals surface area contributed by atoms with Crippen LogP contribution >= 0.6 is 22.9 Å². The minimum atomic E-state index is -0.400. The van der Waals surface area contributed by atoms with Crippen LogP contribution < -0.4 is 10.9 Å². The Morgan fingerprint density at radius 3 is 2.59 bits per heavy atom. The predicted octanol–water partition coefficient (Wildman–Crippen LogP) is 4.84. The number of fused-ring (bicyclic) bond motifs is 1. The van der Waals surface area contributed by atoms with E-state index in [-0.39, 0.29) is 11.3 Å². The van der Waals surface area contributed by atoms with Crippen molar-refractivity contribution in [3.05, 3.63) is 75.0 Å². The molecule has 0 atom stereocenters. The van der Waals surface area contributed by atoms with E-state index in [2.05, 4.69) is 15.4 Å². The summed E-state index contributed by atoms with van der Waals surface area (Å²) in [6.07, 6.45) is 0.739. The number of aromatic nitrogens is 3. The van der Waals surface area contributed by atoms with Crippen molar-refractivity contribution in [1.29, 1.82) is 0 Å². The molecule has 6 nitrogen and oxygen atoms in total. The average Bonchev–Trinajstić information content (AvgIpc) is 3.19. The number of benzene rings is 2. The van der Waals surface area contributed by atoms with Crippen molar-refractivity contribution in [2.75, 3.05) is 5.32 Å². The molecule has 1 amide bonds. The second-order valence-electron chi connectivity index (χ2n) is 6.42. The molecule has 0 radical (unpaired) electrons. The molecule has 8 heteroatoms. The van der Waals surface area contributed by atoms with Gasteiger partial charge < -0.3 is 0 Å². The SMILES string of the molecule is CCCn1nc(C(=O)Nc2nc(-c3ccc(Cl)cc3)cs2)c2ccccc2c1=O. The van der Waals surface area contributed by atoms with Crippen LogP contribution in [0.15, 0.2) is 58.7 Å². The molecular formula is C21H17ClN4O2S. The Labute approximate surface area is 175 Å². The van der Waals surface area contributed by atoms with Gasteiger partial charge in [0, 0.05) is 27.9 Å². The van der Waals surface area contributed by atoms with Gasteiger partial charge in [0.15, 0.2) is 10.8 Å². The van der Waals surface area contributed by atoms with Gasteiger partial charge in [-0.2, -0.15) is 5.10 Å². The largest absolute Gasteiger partial charge is 0.296 e. The highest BCUT2D eigenvalue weighted by Crippen LogP contribution is 2.26. The molecule has 0 unspecified atom stereocenters. The summed E-state index contributed by atoms with van der Waals surface area (Å²) in [6.45, 7) is 2.40. The lowest BCUT2D eigenvalue weighted by Crippen LogP contribution is -2.27. The topological polar surface area (TPSA) is 76.9 Å². The molecule has 29 heavy (non-hydrogen) atoms.